The van der Waals surface area contributed by atoms with Crippen molar-refractivity contribution in [2.24, 2.45) is 0 Å². The molecule has 0 spiro atoms. The van der Waals surface area contributed by atoms with Gasteiger partial charge in [0, 0.05) is 18.2 Å². The van der Waals surface area contributed by atoms with E-state index in [4.69, 9.17) is 4.74 Å². The molecule has 2 atom stereocenters. The Balaban J connectivity index is 0.000000379. The van der Waals surface area contributed by atoms with Crippen LogP contribution in [0.2, 0.25) is 0 Å². The number of benzene rings is 3. The molecular formula is C34H39FN2O2. The van der Waals surface area contributed by atoms with Gasteiger partial charge in [-0.1, -0.05) is 72.8 Å². The van der Waals surface area contributed by atoms with Gasteiger partial charge in [0.05, 0.1) is 19.7 Å². The van der Waals surface area contributed by atoms with Gasteiger partial charge in [-0.25, -0.2) is 4.39 Å². The average molecular weight is 527 g/mol. The summed E-state index contributed by atoms with van der Waals surface area (Å²) in [5, 5.41) is 3.26. The van der Waals surface area contributed by atoms with E-state index in [1.807, 2.05) is 18.2 Å². The van der Waals surface area contributed by atoms with Crippen molar-refractivity contribution in [1.29, 1.82) is 0 Å². The van der Waals surface area contributed by atoms with Crippen LogP contribution in [0.4, 0.5) is 4.39 Å². The van der Waals surface area contributed by atoms with Gasteiger partial charge in [-0.15, -0.1) is 0 Å². The molecule has 1 aliphatic heterocycles. The molecule has 0 saturated carbocycles. The molecule has 2 unspecified atom stereocenters. The summed E-state index contributed by atoms with van der Waals surface area (Å²) >= 11 is 0. The Kier molecular flexibility index (Phi) is 9.36. The molecule has 39 heavy (non-hydrogen) atoms. The molecule has 5 heteroatoms. The van der Waals surface area contributed by atoms with Crippen LogP contribution < -0.4 is 10.1 Å². The summed E-state index contributed by atoms with van der Waals surface area (Å²) in [5.41, 5.74) is 8.24. The Morgan fingerprint density at radius 1 is 1.03 bits per heavy atom. The maximum Gasteiger partial charge on any atom is 0.234 e. The molecule has 0 fully saturated rings. The molecule has 1 aliphatic carbocycles. The van der Waals surface area contributed by atoms with Crippen LogP contribution in [0.5, 0.6) is 5.75 Å². The minimum atomic E-state index is -0.132. The standard InChI is InChI=1S/C27H32N2O2.C7H7F/c1-5-20-16-22(15-19(20)3)28-25(30)17-29-14-13-21-10-8-12-24(31-4)26(21)27(29)23-11-7-6-9-18(23)2;1-6-4-2-3-5-7(6)8/h5-12,22,27H,1,13-17H2,2-4H3,(H,28,30);2-5H,1H3. The van der Waals surface area contributed by atoms with Crippen molar-refractivity contribution in [1.82, 2.24) is 10.2 Å². The molecule has 3 aromatic carbocycles. The molecule has 4 nitrogen and oxygen atoms in total. The number of nitrogens with zero attached hydrogens (tertiary/aromatic N) is 1. The van der Waals surface area contributed by atoms with E-state index in [-0.39, 0.29) is 23.8 Å². The lowest BCUT2D eigenvalue weighted by Gasteiger charge is -2.38. The predicted octanol–water partition coefficient (Wildman–Crippen LogP) is 6.87. The predicted molar refractivity (Wildman–Crippen MR) is 156 cm³/mol. The lowest BCUT2D eigenvalue weighted by molar-refractivity contribution is -0.123. The van der Waals surface area contributed by atoms with Crippen LogP contribution in [0.25, 0.3) is 0 Å². The molecule has 2 aliphatic rings. The number of halogens is 1. The van der Waals surface area contributed by atoms with E-state index in [2.05, 4.69) is 67.0 Å². The van der Waals surface area contributed by atoms with Gasteiger partial charge in [0.15, 0.2) is 0 Å². The zero-order valence-corrected chi connectivity index (χ0v) is 23.5. The molecule has 0 saturated heterocycles. The van der Waals surface area contributed by atoms with Crippen LogP contribution >= 0.6 is 0 Å². The van der Waals surface area contributed by atoms with E-state index in [9.17, 15) is 9.18 Å². The SMILES string of the molecule is C=CC1=C(C)CC(NC(=O)CN2CCc3cccc(OC)c3C2c2ccccc2C)C1.Cc1ccccc1F. The molecule has 0 radical (unpaired) electrons. The number of rotatable bonds is 6. The van der Waals surface area contributed by atoms with Crippen molar-refractivity contribution in [3.05, 3.63) is 124 Å². The van der Waals surface area contributed by atoms with Crippen molar-refractivity contribution >= 4 is 5.91 Å². The molecule has 1 heterocycles. The van der Waals surface area contributed by atoms with E-state index in [1.165, 1.54) is 39.5 Å². The fourth-order valence-electron chi connectivity index (χ4n) is 5.67. The first-order valence-electron chi connectivity index (χ1n) is 13.6. The molecule has 0 bridgehead atoms. The van der Waals surface area contributed by atoms with Crippen molar-refractivity contribution < 1.29 is 13.9 Å². The van der Waals surface area contributed by atoms with Crippen LogP contribution in [0, 0.1) is 19.7 Å². The first kappa shape index (κ1) is 28.3. The second kappa shape index (κ2) is 12.9. The fourth-order valence-corrected chi connectivity index (χ4v) is 5.67. The van der Waals surface area contributed by atoms with Crippen LogP contribution in [-0.2, 0) is 11.2 Å². The Morgan fingerprint density at radius 3 is 2.36 bits per heavy atom. The van der Waals surface area contributed by atoms with Gasteiger partial charge in [0.2, 0.25) is 5.91 Å². The highest BCUT2D eigenvalue weighted by molar-refractivity contribution is 5.79. The Labute approximate surface area is 232 Å². The number of carbonyl (C=O) groups excluding carboxylic acids is 1. The number of methoxy groups -OCH3 is 1. The minimum Gasteiger partial charge on any atom is -0.496 e. The number of hydrogen-bond donors (Lipinski definition) is 1. The maximum absolute atomic E-state index is 13.1. The molecular weight excluding hydrogens is 487 g/mol. The van der Waals surface area contributed by atoms with Crippen molar-refractivity contribution in [3.63, 3.8) is 0 Å². The van der Waals surface area contributed by atoms with Gasteiger partial charge < -0.3 is 10.1 Å². The number of carbonyl (C=O) groups is 1. The number of nitrogens with one attached hydrogen (secondary N) is 1. The smallest absolute Gasteiger partial charge is 0.234 e. The molecule has 1 amide bonds. The quantitative estimate of drug-likeness (QED) is 0.381. The minimum absolute atomic E-state index is 0.000903. The summed E-state index contributed by atoms with van der Waals surface area (Å²) < 4.78 is 18.1. The fraction of sp³-hybridized carbons (Fsp3) is 0.324. The Morgan fingerprint density at radius 2 is 1.74 bits per heavy atom. The van der Waals surface area contributed by atoms with Gasteiger partial charge in [-0.05, 0) is 80.0 Å². The number of ether oxygens (including phenoxy) is 1. The molecule has 204 valence electrons. The van der Waals surface area contributed by atoms with Crippen LogP contribution in [0.15, 0.2) is 90.5 Å². The molecule has 1 N–H and O–H groups in total. The van der Waals surface area contributed by atoms with Crippen LogP contribution in [0.3, 0.4) is 0 Å². The maximum atomic E-state index is 13.1. The normalized spacial score (nSPS) is 18.6. The first-order valence-corrected chi connectivity index (χ1v) is 13.6. The molecule has 5 rings (SSSR count). The lowest BCUT2D eigenvalue weighted by Crippen LogP contribution is -2.45. The molecule has 3 aromatic rings. The van der Waals surface area contributed by atoms with Crippen LogP contribution in [0.1, 0.15) is 53.6 Å². The summed E-state index contributed by atoms with van der Waals surface area (Å²) in [6.07, 6.45) is 4.61. The topological polar surface area (TPSA) is 41.6 Å². The third kappa shape index (κ3) is 6.66. The van der Waals surface area contributed by atoms with E-state index >= 15 is 0 Å². The summed E-state index contributed by atoms with van der Waals surface area (Å²) in [5.74, 6) is 0.842. The third-order valence-corrected chi connectivity index (χ3v) is 7.77. The van der Waals surface area contributed by atoms with Gasteiger partial charge in [-0.2, -0.15) is 0 Å². The first-order chi connectivity index (χ1) is 18.8. The van der Waals surface area contributed by atoms with E-state index in [1.54, 1.807) is 26.2 Å². The van der Waals surface area contributed by atoms with E-state index in [0.29, 0.717) is 12.1 Å². The second-order valence-electron chi connectivity index (χ2n) is 10.4. The van der Waals surface area contributed by atoms with Crippen molar-refractivity contribution in [2.45, 2.75) is 52.1 Å². The number of hydrogen-bond acceptors (Lipinski definition) is 3. The molecule has 0 aromatic heterocycles. The highest BCUT2D eigenvalue weighted by Gasteiger charge is 2.34. The summed E-state index contributed by atoms with van der Waals surface area (Å²) in [4.78, 5) is 15.4. The highest BCUT2D eigenvalue weighted by atomic mass is 19.1. The summed E-state index contributed by atoms with van der Waals surface area (Å²) in [6, 6.07) is 21.6. The Bertz CT molecular complexity index is 1330. The zero-order chi connectivity index (χ0) is 27.9. The van der Waals surface area contributed by atoms with Crippen LogP contribution in [-0.4, -0.2) is 37.0 Å². The van der Waals surface area contributed by atoms with Gasteiger partial charge in [0.1, 0.15) is 11.6 Å². The highest BCUT2D eigenvalue weighted by Crippen LogP contribution is 2.41. The number of allylic oxidation sites excluding steroid dienone is 1. The van der Waals surface area contributed by atoms with E-state index < -0.39 is 0 Å². The second-order valence-corrected chi connectivity index (χ2v) is 10.4. The monoisotopic (exact) mass is 526 g/mol. The average Bonchev–Trinajstić information content (AvgIpc) is 3.29. The largest absolute Gasteiger partial charge is 0.496 e. The van der Waals surface area contributed by atoms with Crippen molar-refractivity contribution in [3.8, 4) is 5.75 Å². The number of amides is 1. The van der Waals surface area contributed by atoms with E-state index in [0.717, 1.165) is 31.6 Å². The van der Waals surface area contributed by atoms with Gasteiger partial charge in [-0.3, -0.25) is 9.69 Å². The van der Waals surface area contributed by atoms with Gasteiger partial charge in [0.25, 0.3) is 0 Å². The summed E-state index contributed by atoms with van der Waals surface area (Å²) in [7, 11) is 1.72. The van der Waals surface area contributed by atoms with Gasteiger partial charge >= 0.3 is 0 Å². The lowest BCUT2D eigenvalue weighted by atomic mass is 9.85. The van der Waals surface area contributed by atoms with Crippen molar-refractivity contribution in [2.75, 3.05) is 20.2 Å². The third-order valence-electron chi connectivity index (χ3n) is 7.77. The Hall–Kier alpha value is -3.70. The number of aryl methyl sites for hydroxylation is 2. The zero-order valence-electron chi connectivity index (χ0n) is 23.5. The number of fused-ring (bicyclic) bond motifs is 1. The summed E-state index contributed by atoms with van der Waals surface area (Å²) in [6.45, 7) is 11.1.